The van der Waals surface area contributed by atoms with Crippen molar-refractivity contribution in [1.29, 1.82) is 0 Å². The molecule has 2 rings (SSSR count). The zero-order chi connectivity index (χ0) is 11.4. The molecule has 1 saturated heterocycles. The Kier molecular flexibility index (Phi) is 3.48. The zero-order valence-electron chi connectivity index (χ0n) is 9.56. The Morgan fingerprint density at radius 1 is 1.50 bits per heavy atom. The maximum absolute atomic E-state index is 10.7. The van der Waals surface area contributed by atoms with Crippen molar-refractivity contribution >= 4 is 0 Å². The molecular weight excluding hydrogens is 204 g/mol. The van der Waals surface area contributed by atoms with E-state index in [2.05, 4.69) is 20.2 Å². The minimum Gasteiger partial charge on any atom is -0.370 e. The third-order valence-electron chi connectivity index (χ3n) is 3.13. The Balaban J connectivity index is 2.24. The van der Waals surface area contributed by atoms with E-state index in [-0.39, 0.29) is 0 Å². The van der Waals surface area contributed by atoms with E-state index in [1.807, 2.05) is 6.92 Å². The summed E-state index contributed by atoms with van der Waals surface area (Å²) in [6.07, 6.45) is 3.79. The van der Waals surface area contributed by atoms with Gasteiger partial charge in [-0.15, -0.1) is 0 Å². The summed E-state index contributed by atoms with van der Waals surface area (Å²) in [7, 11) is 0. The van der Waals surface area contributed by atoms with Crippen LogP contribution in [0.15, 0.2) is 18.6 Å². The fourth-order valence-electron chi connectivity index (χ4n) is 2.13. The predicted octanol–water partition coefficient (Wildman–Crippen LogP) is -0.0631. The fraction of sp³-hybridized carbons (Fsp3) is 0.636. The van der Waals surface area contributed by atoms with Crippen LogP contribution in [0.3, 0.4) is 0 Å². The standard InChI is InChI=1S/C11H18N4O/c1-2-11(16,10-3-4-13-9-14-10)15-7-5-12-6-8-15/h3-4,9,12,16H,2,5-8H2,1H3. The molecule has 1 fully saturated rings. The largest absolute Gasteiger partial charge is 0.370 e. The Hall–Kier alpha value is -1.04. The van der Waals surface area contributed by atoms with E-state index in [0.29, 0.717) is 12.1 Å². The lowest BCUT2D eigenvalue weighted by molar-refractivity contribution is -0.126. The Morgan fingerprint density at radius 2 is 2.25 bits per heavy atom. The van der Waals surface area contributed by atoms with Gasteiger partial charge < -0.3 is 10.4 Å². The molecule has 0 radical (unpaired) electrons. The van der Waals surface area contributed by atoms with Gasteiger partial charge in [0.1, 0.15) is 6.33 Å². The lowest BCUT2D eigenvalue weighted by atomic mass is 10.0. The molecule has 1 aromatic heterocycles. The summed E-state index contributed by atoms with van der Waals surface area (Å²) in [5, 5.41) is 14.0. The van der Waals surface area contributed by atoms with Gasteiger partial charge in [-0.1, -0.05) is 6.92 Å². The highest BCUT2D eigenvalue weighted by atomic mass is 16.3. The third-order valence-corrected chi connectivity index (χ3v) is 3.13. The molecule has 5 heteroatoms. The monoisotopic (exact) mass is 222 g/mol. The summed E-state index contributed by atoms with van der Waals surface area (Å²) in [5.74, 6) is 0. The Labute approximate surface area is 95.5 Å². The van der Waals surface area contributed by atoms with Gasteiger partial charge >= 0.3 is 0 Å². The van der Waals surface area contributed by atoms with E-state index in [0.717, 1.165) is 26.2 Å². The molecule has 2 heterocycles. The average molecular weight is 222 g/mol. The van der Waals surface area contributed by atoms with Crippen LogP contribution in [-0.2, 0) is 5.72 Å². The van der Waals surface area contributed by atoms with Gasteiger partial charge in [0.15, 0.2) is 5.72 Å². The fourth-order valence-corrected chi connectivity index (χ4v) is 2.13. The molecule has 1 atom stereocenters. The molecular formula is C11H18N4O. The topological polar surface area (TPSA) is 61.3 Å². The molecule has 0 aliphatic carbocycles. The number of hydrogen-bond acceptors (Lipinski definition) is 5. The van der Waals surface area contributed by atoms with Gasteiger partial charge in [-0.2, -0.15) is 0 Å². The number of nitrogens with zero attached hydrogens (tertiary/aromatic N) is 3. The number of rotatable bonds is 3. The first kappa shape index (κ1) is 11.4. The number of piperazine rings is 1. The summed E-state index contributed by atoms with van der Waals surface area (Å²) in [6, 6.07) is 1.78. The molecule has 0 amide bonds. The summed E-state index contributed by atoms with van der Waals surface area (Å²) in [5.41, 5.74) is -0.266. The van der Waals surface area contributed by atoms with Gasteiger partial charge in [-0.25, -0.2) is 9.97 Å². The summed E-state index contributed by atoms with van der Waals surface area (Å²) < 4.78 is 0. The van der Waals surface area contributed by atoms with Gasteiger partial charge in [0.25, 0.3) is 0 Å². The van der Waals surface area contributed by atoms with Crippen molar-refractivity contribution in [2.24, 2.45) is 0 Å². The maximum Gasteiger partial charge on any atom is 0.161 e. The van der Waals surface area contributed by atoms with Gasteiger partial charge in [-0.05, 0) is 12.5 Å². The molecule has 0 saturated carbocycles. The van der Waals surface area contributed by atoms with Crippen LogP contribution >= 0.6 is 0 Å². The van der Waals surface area contributed by atoms with Crippen LogP contribution in [0.25, 0.3) is 0 Å². The molecule has 88 valence electrons. The highest BCUT2D eigenvalue weighted by Gasteiger charge is 2.36. The van der Waals surface area contributed by atoms with Crippen molar-refractivity contribution in [1.82, 2.24) is 20.2 Å². The third kappa shape index (κ3) is 2.07. The Morgan fingerprint density at radius 3 is 2.81 bits per heavy atom. The van der Waals surface area contributed by atoms with Gasteiger partial charge in [0.05, 0.1) is 5.69 Å². The van der Waals surface area contributed by atoms with Crippen molar-refractivity contribution in [3.05, 3.63) is 24.3 Å². The normalized spacial score (nSPS) is 21.6. The molecule has 1 aliphatic rings. The molecule has 0 spiro atoms. The van der Waals surface area contributed by atoms with Gasteiger partial charge in [0, 0.05) is 32.4 Å². The Bertz CT molecular complexity index is 326. The van der Waals surface area contributed by atoms with Crippen LogP contribution in [-0.4, -0.2) is 46.2 Å². The molecule has 2 N–H and O–H groups in total. The van der Waals surface area contributed by atoms with Crippen LogP contribution in [0.2, 0.25) is 0 Å². The van der Waals surface area contributed by atoms with E-state index < -0.39 is 5.72 Å². The molecule has 5 nitrogen and oxygen atoms in total. The second-order valence-electron chi connectivity index (χ2n) is 4.00. The minimum atomic E-state index is -0.953. The SMILES string of the molecule is CCC(O)(c1ccncn1)N1CCNCC1. The smallest absolute Gasteiger partial charge is 0.161 e. The lowest BCUT2D eigenvalue weighted by Gasteiger charge is -2.41. The predicted molar refractivity (Wildman–Crippen MR) is 60.7 cm³/mol. The van der Waals surface area contributed by atoms with Crippen molar-refractivity contribution in [2.75, 3.05) is 26.2 Å². The number of aromatic nitrogens is 2. The number of nitrogens with one attached hydrogen (secondary N) is 1. The molecule has 16 heavy (non-hydrogen) atoms. The first-order valence-electron chi connectivity index (χ1n) is 5.72. The molecule has 1 aliphatic heterocycles. The zero-order valence-corrected chi connectivity index (χ0v) is 9.56. The first-order valence-corrected chi connectivity index (χ1v) is 5.72. The molecule has 1 unspecified atom stereocenters. The summed E-state index contributed by atoms with van der Waals surface area (Å²) in [4.78, 5) is 10.1. The first-order chi connectivity index (χ1) is 7.77. The van der Waals surface area contributed by atoms with Crippen molar-refractivity contribution in [2.45, 2.75) is 19.1 Å². The van der Waals surface area contributed by atoms with Crippen LogP contribution in [0, 0.1) is 0 Å². The van der Waals surface area contributed by atoms with E-state index in [1.54, 1.807) is 12.3 Å². The van der Waals surface area contributed by atoms with Crippen LogP contribution < -0.4 is 5.32 Å². The van der Waals surface area contributed by atoms with Crippen LogP contribution in [0.5, 0.6) is 0 Å². The molecule has 0 bridgehead atoms. The van der Waals surface area contributed by atoms with Gasteiger partial charge in [0.2, 0.25) is 0 Å². The lowest BCUT2D eigenvalue weighted by Crippen LogP contribution is -2.54. The van der Waals surface area contributed by atoms with Crippen LogP contribution in [0.1, 0.15) is 19.0 Å². The second kappa shape index (κ2) is 4.86. The highest BCUT2D eigenvalue weighted by molar-refractivity contribution is 5.09. The molecule has 1 aromatic rings. The second-order valence-corrected chi connectivity index (χ2v) is 4.00. The van der Waals surface area contributed by atoms with E-state index in [9.17, 15) is 5.11 Å². The van der Waals surface area contributed by atoms with E-state index in [1.165, 1.54) is 6.33 Å². The minimum absolute atomic E-state index is 0.629. The maximum atomic E-state index is 10.7. The highest BCUT2D eigenvalue weighted by Crippen LogP contribution is 2.27. The van der Waals surface area contributed by atoms with E-state index in [4.69, 9.17) is 0 Å². The number of hydrogen-bond donors (Lipinski definition) is 2. The van der Waals surface area contributed by atoms with Crippen molar-refractivity contribution in [3.63, 3.8) is 0 Å². The number of aliphatic hydroxyl groups is 1. The summed E-state index contributed by atoms with van der Waals surface area (Å²) >= 11 is 0. The average Bonchev–Trinajstić information content (AvgIpc) is 2.40. The quantitative estimate of drug-likeness (QED) is 0.750. The van der Waals surface area contributed by atoms with Crippen LogP contribution in [0.4, 0.5) is 0 Å². The molecule has 0 aromatic carbocycles. The van der Waals surface area contributed by atoms with E-state index >= 15 is 0 Å². The summed E-state index contributed by atoms with van der Waals surface area (Å²) in [6.45, 7) is 5.48. The van der Waals surface area contributed by atoms with Crippen molar-refractivity contribution in [3.8, 4) is 0 Å². The van der Waals surface area contributed by atoms with Gasteiger partial charge in [-0.3, -0.25) is 4.90 Å². The van der Waals surface area contributed by atoms with Crippen molar-refractivity contribution < 1.29 is 5.11 Å².